The van der Waals surface area contributed by atoms with Crippen LogP contribution >= 0.6 is 0 Å². The van der Waals surface area contributed by atoms with Gasteiger partial charge in [-0.15, -0.1) is 0 Å². The average molecular weight is 329 g/mol. The molecule has 1 saturated carbocycles. The topological polar surface area (TPSA) is 62.1 Å². The second-order valence-electron chi connectivity index (χ2n) is 6.78. The number of hydrogen-bond acceptors (Lipinski definition) is 2. The molecule has 2 aliphatic rings. The number of halogens is 3. The molecule has 1 aromatic heterocycles. The summed E-state index contributed by atoms with van der Waals surface area (Å²) in [5.41, 5.74) is 6.89. The quantitative estimate of drug-likeness (QED) is 0.892. The molecule has 2 unspecified atom stereocenters. The van der Waals surface area contributed by atoms with Crippen LogP contribution in [0.4, 0.5) is 13.2 Å². The first kappa shape index (κ1) is 16.4. The molecule has 2 heterocycles. The van der Waals surface area contributed by atoms with Gasteiger partial charge < -0.3 is 15.6 Å². The summed E-state index contributed by atoms with van der Waals surface area (Å²) >= 11 is 0. The van der Waals surface area contributed by atoms with Crippen LogP contribution in [0.15, 0.2) is 12.3 Å². The van der Waals surface area contributed by atoms with E-state index in [0.29, 0.717) is 11.6 Å². The number of aromatic nitrogens is 1. The van der Waals surface area contributed by atoms with Crippen molar-refractivity contribution in [1.82, 2.24) is 9.88 Å². The maximum atomic E-state index is 13.0. The maximum Gasteiger partial charge on any atom is 0.393 e. The zero-order chi connectivity index (χ0) is 16.6. The average Bonchev–Trinajstić information content (AvgIpc) is 3.08. The highest BCUT2D eigenvalue weighted by Gasteiger charge is 2.50. The highest BCUT2D eigenvalue weighted by molar-refractivity contribution is 5.92. The Kier molecular flexibility index (Phi) is 4.40. The fourth-order valence-corrected chi connectivity index (χ4v) is 3.53. The normalized spacial score (nSPS) is 25.7. The van der Waals surface area contributed by atoms with Gasteiger partial charge >= 0.3 is 6.18 Å². The molecule has 23 heavy (non-hydrogen) atoms. The molecule has 1 amide bonds. The Balaban J connectivity index is 1.66. The van der Waals surface area contributed by atoms with Crippen LogP contribution in [0.2, 0.25) is 0 Å². The molecule has 2 fully saturated rings. The lowest BCUT2D eigenvalue weighted by molar-refractivity contribution is -0.179. The van der Waals surface area contributed by atoms with Crippen molar-refractivity contribution < 1.29 is 18.0 Å². The molecule has 7 heteroatoms. The Morgan fingerprint density at radius 1 is 1.35 bits per heavy atom. The molecule has 1 aliphatic carbocycles. The Hall–Kier alpha value is -1.50. The molecule has 1 aliphatic heterocycles. The number of rotatable bonds is 4. The number of nitrogens with zero attached hydrogens (tertiary/aromatic N) is 1. The summed E-state index contributed by atoms with van der Waals surface area (Å²) < 4.78 is 39.1. The van der Waals surface area contributed by atoms with Crippen LogP contribution in [0, 0.1) is 17.8 Å². The van der Waals surface area contributed by atoms with Crippen molar-refractivity contribution in [3.8, 4) is 0 Å². The van der Waals surface area contributed by atoms with E-state index in [0.717, 1.165) is 12.0 Å². The molecule has 1 aromatic rings. The van der Waals surface area contributed by atoms with E-state index in [9.17, 15) is 18.0 Å². The van der Waals surface area contributed by atoms with Crippen LogP contribution in [0.3, 0.4) is 0 Å². The van der Waals surface area contributed by atoms with E-state index in [1.807, 2.05) is 0 Å². The van der Waals surface area contributed by atoms with Gasteiger partial charge in [0, 0.05) is 25.2 Å². The predicted octanol–water partition coefficient (Wildman–Crippen LogP) is 2.57. The second kappa shape index (κ2) is 6.19. The first-order valence-corrected chi connectivity index (χ1v) is 8.12. The van der Waals surface area contributed by atoms with Gasteiger partial charge in [-0.25, -0.2) is 0 Å². The number of alkyl halides is 3. The van der Waals surface area contributed by atoms with Crippen LogP contribution in [0.25, 0.3) is 0 Å². The number of nitrogens with one attached hydrogen (secondary N) is 1. The van der Waals surface area contributed by atoms with E-state index < -0.39 is 18.0 Å². The van der Waals surface area contributed by atoms with Crippen molar-refractivity contribution in [1.29, 1.82) is 0 Å². The number of amides is 1. The molecule has 0 spiro atoms. The van der Waals surface area contributed by atoms with E-state index in [1.54, 1.807) is 12.3 Å². The monoisotopic (exact) mass is 329 g/mol. The van der Waals surface area contributed by atoms with Crippen LogP contribution in [0.1, 0.15) is 35.3 Å². The summed E-state index contributed by atoms with van der Waals surface area (Å²) in [7, 11) is 0. The maximum absolute atomic E-state index is 13.0. The zero-order valence-corrected chi connectivity index (χ0v) is 12.9. The molecule has 0 bridgehead atoms. The highest BCUT2D eigenvalue weighted by atomic mass is 19.4. The fraction of sp³-hybridized carbons (Fsp3) is 0.688. The standard InChI is InChI=1S/C16H22F3N3O/c17-16(18,19)13-9-22(8-12(13)6-20)15(23)14-5-11(7-21-14)4-10-2-1-3-10/h5,7,10,12-13,21H,1-4,6,8-9,20H2. The Labute approximate surface area is 133 Å². The van der Waals surface area contributed by atoms with Gasteiger partial charge in [0.15, 0.2) is 0 Å². The summed E-state index contributed by atoms with van der Waals surface area (Å²) in [4.78, 5) is 16.6. The summed E-state index contributed by atoms with van der Waals surface area (Å²) in [6.07, 6.45) is 2.10. The molecule has 3 rings (SSSR count). The minimum atomic E-state index is -4.32. The molecule has 128 valence electrons. The van der Waals surface area contributed by atoms with Gasteiger partial charge in [0.05, 0.1) is 5.92 Å². The Morgan fingerprint density at radius 3 is 2.61 bits per heavy atom. The second-order valence-corrected chi connectivity index (χ2v) is 6.78. The zero-order valence-electron chi connectivity index (χ0n) is 12.9. The third-order valence-electron chi connectivity index (χ3n) is 5.17. The fourth-order valence-electron chi connectivity index (χ4n) is 3.53. The Bertz CT molecular complexity index is 565. The van der Waals surface area contributed by atoms with E-state index in [1.165, 1.54) is 24.2 Å². The van der Waals surface area contributed by atoms with Crippen molar-refractivity contribution in [2.24, 2.45) is 23.5 Å². The van der Waals surface area contributed by atoms with Gasteiger partial charge in [0.2, 0.25) is 0 Å². The van der Waals surface area contributed by atoms with Crippen LogP contribution in [-0.2, 0) is 6.42 Å². The molecule has 4 nitrogen and oxygen atoms in total. The third kappa shape index (κ3) is 3.39. The first-order chi connectivity index (χ1) is 10.9. The van der Waals surface area contributed by atoms with Gasteiger partial charge in [0.25, 0.3) is 5.91 Å². The summed E-state index contributed by atoms with van der Waals surface area (Å²) in [5.74, 6) is -1.93. The van der Waals surface area contributed by atoms with E-state index in [4.69, 9.17) is 5.73 Å². The first-order valence-electron chi connectivity index (χ1n) is 8.12. The lowest BCUT2D eigenvalue weighted by atomic mass is 9.81. The third-order valence-corrected chi connectivity index (χ3v) is 5.17. The molecule has 2 atom stereocenters. The largest absolute Gasteiger partial charge is 0.393 e. The number of hydrogen-bond donors (Lipinski definition) is 2. The van der Waals surface area contributed by atoms with Gasteiger partial charge in [0.1, 0.15) is 5.69 Å². The number of H-pyrrole nitrogens is 1. The molecule has 0 radical (unpaired) electrons. The smallest absolute Gasteiger partial charge is 0.357 e. The molecular formula is C16H22F3N3O. The molecule has 1 saturated heterocycles. The lowest BCUT2D eigenvalue weighted by Crippen LogP contribution is -2.33. The molecule has 3 N–H and O–H groups in total. The van der Waals surface area contributed by atoms with Gasteiger partial charge in [-0.1, -0.05) is 19.3 Å². The summed E-state index contributed by atoms with van der Waals surface area (Å²) in [6, 6.07) is 1.78. The molecule has 0 aromatic carbocycles. The van der Waals surface area contributed by atoms with E-state index in [-0.39, 0.29) is 25.5 Å². The van der Waals surface area contributed by atoms with E-state index >= 15 is 0 Å². The van der Waals surface area contributed by atoms with Crippen molar-refractivity contribution in [3.05, 3.63) is 23.5 Å². The highest BCUT2D eigenvalue weighted by Crippen LogP contribution is 2.37. The van der Waals surface area contributed by atoms with Gasteiger partial charge in [-0.3, -0.25) is 4.79 Å². The van der Waals surface area contributed by atoms with Crippen molar-refractivity contribution >= 4 is 5.91 Å². The van der Waals surface area contributed by atoms with Crippen LogP contribution in [-0.4, -0.2) is 41.6 Å². The summed E-state index contributed by atoms with van der Waals surface area (Å²) in [5, 5.41) is 0. The van der Waals surface area contributed by atoms with Crippen molar-refractivity contribution in [2.45, 2.75) is 31.9 Å². The number of carbonyl (C=O) groups excluding carboxylic acids is 1. The van der Waals surface area contributed by atoms with Crippen LogP contribution in [0.5, 0.6) is 0 Å². The number of aromatic amines is 1. The summed E-state index contributed by atoms with van der Waals surface area (Å²) in [6.45, 7) is -0.302. The van der Waals surface area contributed by atoms with Gasteiger partial charge in [-0.2, -0.15) is 13.2 Å². The van der Waals surface area contributed by atoms with E-state index in [2.05, 4.69) is 4.98 Å². The SMILES string of the molecule is NCC1CN(C(=O)c2cc(CC3CCC3)c[nH]2)CC1C(F)(F)F. The number of likely N-dealkylation sites (tertiary alicyclic amines) is 1. The van der Waals surface area contributed by atoms with Crippen molar-refractivity contribution in [3.63, 3.8) is 0 Å². The minimum Gasteiger partial charge on any atom is -0.357 e. The van der Waals surface area contributed by atoms with Crippen molar-refractivity contribution in [2.75, 3.05) is 19.6 Å². The lowest BCUT2D eigenvalue weighted by Gasteiger charge is -2.24. The molecular weight excluding hydrogens is 307 g/mol. The van der Waals surface area contributed by atoms with Crippen LogP contribution < -0.4 is 5.73 Å². The minimum absolute atomic E-state index is 0.0639. The predicted molar refractivity (Wildman–Crippen MR) is 79.8 cm³/mol. The number of nitrogens with two attached hydrogens (primary N) is 1. The van der Waals surface area contributed by atoms with Gasteiger partial charge in [-0.05, 0) is 30.5 Å². The number of carbonyl (C=O) groups is 1. The Morgan fingerprint density at radius 2 is 2.09 bits per heavy atom.